The predicted octanol–water partition coefficient (Wildman–Crippen LogP) is 3.22. The van der Waals surface area contributed by atoms with Crippen molar-refractivity contribution in [3.05, 3.63) is 100 Å². The zero-order chi connectivity index (χ0) is 17.2. The molecule has 0 aliphatic carbocycles. The smallest absolute Gasteiger partial charge is 0.256 e. The van der Waals surface area contributed by atoms with E-state index in [2.05, 4.69) is 10.3 Å². The average Bonchev–Trinajstić information content (AvgIpc) is 3.06. The van der Waals surface area contributed by atoms with E-state index in [1.807, 2.05) is 67.6 Å². The molecule has 4 aromatic rings. The van der Waals surface area contributed by atoms with Gasteiger partial charge in [-0.1, -0.05) is 53.2 Å². The quantitative estimate of drug-likeness (QED) is 0.580. The molecule has 2 heterocycles. The molecule has 0 saturated carbocycles. The maximum absolute atomic E-state index is 12.4. The molecule has 2 aromatic carbocycles. The molecule has 5 heteroatoms. The molecule has 25 heavy (non-hydrogen) atoms. The Morgan fingerprint density at radius 2 is 1.72 bits per heavy atom. The fourth-order valence-electron chi connectivity index (χ4n) is 2.70. The van der Waals surface area contributed by atoms with Crippen LogP contribution < -0.4 is 5.56 Å². The molecular weight excluding hydrogens is 312 g/mol. The van der Waals surface area contributed by atoms with E-state index < -0.39 is 0 Å². The summed E-state index contributed by atoms with van der Waals surface area (Å²) < 4.78 is 3.26. The molecule has 0 radical (unpaired) electrons. The number of fused-ring (bicyclic) bond motifs is 1. The highest BCUT2D eigenvalue weighted by molar-refractivity contribution is 5.75. The molecule has 0 spiro atoms. The zero-order valence-corrected chi connectivity index (χ0v) is 13.7. The van der Waals surface area contributed by atoms with Crippen LogP contribution in [0.1, 0.15) is 11.1 Å². The second-order valence-corrected chi connectivity index (χ2v) is 5.81. The van der Waals surface area contributed by atoms with Crippen molar-refractivity contribution in [1.82, 2.24) is 19.6 Å². The molecule has 0 saturated heterocycles. The summed E-state index contributed by atoms with van der Waals surface area (Å²) in [4.78, 5) is 12.4. The number of hydrogen-bond acceptors (Lipinski definition) is 3. The molecule has 4 rings (SSSR count). The Bertz CT molecular complexity index is 1120. The van der Waals surface area contributed by atoms with Crippen LogP contribution in [0.5, 0.6) is 0 Å². The number of benzene rings is 2. The Morgan fingerprint density at radius 3 is 2.52 bits per heavy atom. The highest BCUT2D eigenvalue weighted by Crippen LogP contribution is 2.16. The molecule has 5 nitrogen and oxygen atoms in total. The molecule has 0 atom stereocenters. The van der Waals surface area contributed by atoms with Crippen LogP contribution in [0, 0.1) is 12.7 Å². The lowest BCUT2D eigenvalue weighted by Gasteiger charge is -2.11. The van der Waals surface area contributed by atoms with Crippen molar-refractivity contribution >= 4 is 17.1 Å². The van der Waals surface area contributed by atoms with Gasteiger partial charge in [-0.2, -0.15) is 4.68 Å². The minimum Gasteiger partial charge on any atom is -0.269 e. The van der Waals surface area contributed by atoms with E-state index in [0.717, 1.165) is 16.6 Å². The first kappa shape index (κ1) is 15.1. The SMILES string of the molecule is Cc1ccc(/C=C(\n2ccccc2=O)n2nnc3ccccc32)cc1. The molecule has 0 aliphatic rings. The van der Waals surface area contributed by atoms with Crippen molar-refractivity contribution in [2.45, 2.75) is 6.92 Å². The molecule has 0 fully saturated rings. The van der Waals surface area contributed by atoms with Crippen LogP contribution in [0.15, 0.2) is 77.7 Å². The second-order valence-electron chi connectivity index (χ2n) is 5.81. The number of pyridine rings is 1. The lowest BCUT2D eigenvalue weighted by molar-refractivity contribution is 0.660. The largest absolute Gasteiger partial charge is 0.269 e. The fourth-order valence-corrected chi connectivity index (χ4v) is 2.70. The van der Waals surface area contributed by atoms with Crippen LogP contribution in [0.2, 0.25) is 0 Å². The van der Waals surface area contributed by atoms with Gasteiger partial charge in [0.15, 0.2) is 0 Å². The first-order chi connectivity index (χ1) is 12.2. The summed E-state index contributed by atoms with van der Waals surface area (Å²) in [5, 5.41) is 8.47. The summed E-state index contributed by atoms with van der Waals surface area (Å²) in [5.41, 5.74) is 3.66. The summed E-state index contributed by atoms with van der Waals surface area (Å²) in [6, 6.07) is 20.9. The summed E-state index contributed by atoms with van der Waals surface area (Å²) in [7, 11) is 0. The number of para-hydroxylation sites is 1. The first-order valence-electron chi connectivity index (χ1n) is 8.00. The third kappa shape index (κ3) is 2.87. The Morgan fingerprint density at radius 1 is 0.960 bits per heavy atom. The van der Waals surface area contributed by atoms with Crippen LogP contribution in [0.3, 0.4) is 0 Å². The van der Waals surface area contributed by atoms with Crippen molar-refractivity contribution in [3.63, 3.8) is 0 Å². The van der Waals surface area contributed by atoms with Gasteiger partial charge in [0.25, 0.3) is 5.56 Å². The molecule has 0 amide bonds. The van der Waals surface area contributed by atoms with Crippen molar-refractivity contribution in [2.24, 2.45) is 0 Å². The van der Waals surface area contributed by atoms with Crippen molar-refractivity contribution in [1.29, 1.82) is 0 Å². The van der Waals surface area contributed by atoms with Gasteiger partial charge in [-0.05, 0) is 36.8 Å². The monoisotopic (exact) mass is 328 g/mol. The van der Waals surface area contributed by atoms with Crippen LogP contribution in [-0.2, 0) is 0 Å². The van der Waals surface area contributed by atoms with E-state index in [1.54, 1.807) is 21.5 Å². The number of nitrogens with zero attached hydrogens (tertiary/aromatic N) is 4. The zero-order valence-electron chi connectivity index (χ0n) is 13.7. The summed E-state index contributed by atoms with van der Waals surface area (Å²) >= 11 is 0. The summed E-state index contributed by atoms with van der Waals surface area (Å²) in [5.74, 6) is 0.628. The van der Waals surface area contributed by atoms with Gasteiger partial charge in [-0.15, -0.1) is 5.10 Å². The highest BCUT2D eigenvalue weighted by Gasteiger charge is 2.11. The van der Waals surface area contributed by atoms with Gasteiger partial charge < -0.3 is 0 Å². The van der Waals surface area contributed by atoms with E-state index in [9.17, 15) is 4.79 Å². The van der Waals surface area contributed by atoms with E-state index in [1.165, 1.54) is 11.6 Å². The van der Waals surface area contributed by atoms with Crippen LogP contribution in [0.25, 0.3) is 17.1 Å². The number of hydrogen-bond donors (Lipinski definition) is 0. The fraction of sp³-hybridized carbons (Fsp3) is 0.0500. The van der Waals surface area contributed by atoms with E-state index in [-0.39, 0.29) is 5.56 Å². The van der Waals surface area contributed by atoms with Gasteiger partial charge in [0.05, 0.1) is 5.52 Å². The maximum Gasteiger partial charge on any atom is 0.256 e. The number of aryl methyl sites for hydroxylation is 1. The van der Waals surface area contributed by atoms with Gasteiger partial charge in [0, 0.05) is 12.3 Å². The van der Waals surface area contributed by atoms with Crippen molar-refractivity contribution < 1.29 is 0 Å². The van der Waals surface area contributed by atoms with Crippen LogP contribution in [0.4, 0.5) is 0 Å². The highest BCUT2D eigenvalue weighted by atomic mass is 16.1. The summed E-state index contributed by atoms with van der Waals surface area (Å²) in [6.45, 7) is 2.04. The lowest BCUT2D eigenvalue weighted by Crippen LogP contribution is -2.24. The number of rotatable bonds is 3. The molecule has 0 aliphatic heterocycles. The van der Waals surface area contributed by atoms with Gasteiger partial charge >= 0.3 is 0 Å². The predicted molar refractivity (Wildman–Crippen MR) is 97.9 cm³/mol. The normalized spacial score (nSPS) is 11.8. The van der Waals surface area contributed by atoms with E-state index >= 15 is 0 Å². The maximum atomic E-state index is 12.4. The van der Waals surface area contributed by atoms with Gasteiger partial charge in [-0.25, -0.2) is 0 Å². The third-order valence-corrected chi connectivity index (χ3v) is 4.01. The minimum atomic E-state index is -0.125. The van der Waals surface area contributed by atoms with Crippen molar-refractivity contribution in [2.75, 3.05) is 0 Å². The average molecular weight is 328 g/mol. The summed E-state index contributed by atoms with van der Waals surface area (Å²) in [6.07, 6.45) is 3.67. The Kier molecular flexibility index (Phi) is 3.74. The lowest BCUT2D eigenvalue weighted by atomic mass is 10.1. The Hall–Kier alpha value is -3.47. The second kappa shape index (κ2) is 6.20. The van der Waals surface area contributed by atoms with Gasteiger partial charge in [-0.3, -0.25) is 9.36 Å². The number of aromatic nitrogens is 4. The molecule has 0 unspecified atom stereocenters. The Balaban J connectivity index is 1.97. The van der Waals surface area contributed by atoms with Gasteiger partial charge in [0.1, 0.15) is 11.3 Å². The first-order valence-corrected chi connectivity index (χ1v) is 8.00. The molecular formula is C20H16N4O. The molecule has 0 N–H and O–H groups in total. The standard InChI is InChI=1S/C20H16N4O/c1-15-9-11-16(12-10-15)14-19(23-13-5-4-8-20(23)25)24-18-7-3-2-6-17(18)21-22-24/h2-14H,1H3/b19-14+. The van der Waals surface area contributed by atoms with Crippen LogP contribution in [-0.4, -0.2) is 19.6 Å². The van der Waals surface area contributed by atoms with Crippen molar-refractivity contribution in [3.8, 4) is 0 Å². The Labute approximate surface area is 144 Å². The van der Waals surface area contributed by atoms with Crippen LogP contribution >= 0.6 is 0 Å². The molecule has 0 bridgehead atoms. The third-order valence-electron chi connectivity index (χ3n) is 4.01. The molecule has 122 valence electrons. The molecule has 2 aromatic heterocycles. The van der Waals surface area contributed by atoms with E-state index in [0.29, 0.717) is 5.82 Å². The topological polar surface area (TPSA) is 52.7 Å². The van der Waals surface area contributed by atoms with E-state index in [4.69, 9.17) is 0 Å². The van der Waals surface area contributed by atoms with Gasteiger partial charge in [0.2, 0.25) is 0 Å². The minimum absolute atomic E-state index is 0.125.